The zero-order valence-corrected chi connectivity index (χ0v) is 14.1. The summed E-state index contributed by atoms with van der Waals surface area (Å²) in [5, 5.41) is 12.2. The van der Waals surface area contributed by atoms with E-state index in [1.165, 1.54) is 18.4 Å². The van der Waals surface area contributed by atoms with E-state index in [1.807, 2.05) is 24.3 Å². The van der Waals surface area contributed by atoms with Crippen LogP contribution in [0.2, 0.25) is 5.02 Å². The molecule has 1 saturated heterocycles. The number of piperidine rings is 1. The SMILES string of the molecule is CC1CCCN(c2cnnc(NCCc3ccc(Cl)cc3)n2)C1. The highest BCUT2D eigenvalue weighted by atomic mass is 35.5. The van der Waals surface area contributed by atoms with Crippen molar-refractivity contribution in [1.82, 2.24) is 15.2 Å². The molecule has 2 aromatic rings. The first-order valence-electron chi connectivity index (χ1n) is 8.14. The van der Waals surface area contributed by atoms with Crippen LogP contribution in [0.4, 0.5) is 11.8 Å². The number of benzene rings is 1. The lowest BCUT2D eigenvalue weighted by Gasteiger charge is -2.31. The van der Waals surface area contributed by atoms with Gasteiger partial charge in [0, 0.05) is 24.7 Å². The van der Waals surface area contributed by atoms with E-state index in [0.29, 0.717) is 11.9 Å². The van der Waals surface area contributed by atoms with Crippen LogP contribution in [-0.4, -0.2) is 34.8 Å². The van der Waals surface area contributed by atoms with Gasteiger partial charge in [0.25, 0.3) is 0 Å². The minimum absolute atomic E-state index is 0.592. The largest absolute Gasteiger partial charge is 0.355 e. The third-order valence-corrected chi connectivity index (χ3v) is 4.39. The molecule has 23 heavy (non-hydrogen) atoms. The molecule has 3 rings (SSSR count). The van der Waals surface area contributed by atoms with Crippen LogP contribution in [-0.2, 0) is 6.42 Å². The second kappa shape index (κ2) is 7.59. The van der Waals surface area contributed by atoms with E-state index in [9.17, 15) is 0 Å². The zero-order chi connectivity index (χ0) is 16.1. The maximum atomic E-state index is 5.89. The van der Waals surface area contributed by atoms with Crippen LogP contribution < -0.4 is 10.2 Å². The molecule has 5 nitrogen and oxygen atoms in total. The Morgan fingerprint density at radius 3 is 2.91 bits per heavy atom. The van der Waals surface area contributed by atoms with E-state index in [-0.39, 0.29) is 0 Å². The van der Waals surface area contributed by atoms with Crippen LogP contribution >= 0.6 is 11.6 Å². The molecule has 0 radical (unpaired) electrons. The molecule has 1 aliphatic rings. The summed E-state index contributed by atoms with van der Waals surface area (Å²) in [7, 11) is 0. The second-order valence-corrected chi connectivity index (χ2v) is 6.57. The summed E-state index contributed by atoms with van der Waals surface area (Å²) >= 11 is 5.89. The van der Waals surface area contributed by atoms with Gasteiger partial charge in [0.15, 0.2) is 5.82 Å². The summed E-state index contributed by atoms with van der Waals surface area (Å²) in [6.07, 6.45) is 5.15. The molecule has 0 spiro atoms. The molecular formula is C17H22ClN5. The van der Waals surface area contributed by atoms with Crippen molar-refractivity contribution in [3.63, 3.8) is 0 Å². The van der Waals surface area contributed by atoms with Crippen LogP contribution in [0.15, 0.2) is 30.5 Å². The molecule has 1 atom stereocenters. The smallest absolute Gasteiger partial charge is 0.244 e. The average molecular weight is 332 g/mol. The molecule has 0 amide bonds. The maximum absolute atomic E-state index is 5.89. The first-order valence-corrected chi connectivity index (χ1v) is 8.51. The Bertz CT molecular complexity index is 631. The topological polar surface area (TPSA) is 53.9 Å². The van der Waals surface area contributed by atoms with Crippen LogP contribution in [0, 0.1) is 5.92 Å². The number of aromatic nitrogens is 3. The Morgan fingerprint density at radius 2 is 2.13 bits per heavy atom. The standard InChI is InChI=1S/C17H22ClN5/c1-13-3-2-10-23(12-13)16-11-20-22-17(21-16)19-9-8-14-4-6-15(18)7-5-14/h4-7,11,13H,2-3,8-10,12H2,1H3,(H,19,21,22). The van der Waals surface area contributed by atoms with E-state index in [2.05, 4.69) is 32.3 Å². The van der Waals surface area contributed by atoms with Gasteiger partial charge in [-0.25, -0.2) is 0 Å². The van der Waals surface area contributed by atoms with Crippen molar-refractivity contribution < 1.29 is 0 Å². The third kappa shape index (κ3) is 4.55. The van der Waals surface area contributed by atoms with Crippen molar-refractivity contribution in [2.45, 2.75) is 26.2 Å². The minimum Gasteiger partial charge on any atom is -0.355 e. The lowest BCUT2D eigenvalue weighted by molar-refractivity contribution is 0.444. The van der Waals surface area contributed by atoms with Gasteiger partial charge in [-0.2, -0.15) is 10.1 Å². The number of anilines is 2. The number of nitrogens with one attached hydrogen (secondary N) is 1. The van der Waals surface area contributed by atoms with Crippen molar-refractivity contribution >= 4 is 23.4 Å². The molecule has 0 bridgehead atoms. The highest BCUT2D eigenvalue weighted by Crippen LogP contribution is 2.21. The lowest BCUT2D eigenvalue weighted by Crippen LogP contribution is -2.35. The highest BCUT2D eigenvalue weighted by Gasteiger charge is 2.18. The molecule has 122 valence electrons. The lowest BCUT2D eigenvalue weighted by atomic mass is 10.0. The fraction of sp³-hybridized carbons (Fsp3) is 0.471. The maximum Gasteiger partial charge on any atom is 0.244 e. The monoisotopic (exact) mass is 331 g/mol. The summed E-state index contributed by atoms with van der Waals surface area (Å²) in [5.74, 6) is 2.22. The van der Waals surface area contributed by atoms with E-state index >= 15 is 0 Å². The summed E-state index contributed by atoms with van der Waals surface area (Å²) in [6, 6.07) is 7.89. The van der Waals surface area contributed by atoms with Gasteiger partial charge >= 0.3 is 0 Å². The van der Waals surface area contributed by atoms with Gasteiger partial charge in [-0.05, 0) is 42.9 Å². The summed E-state index contributed by atoms with van der Waals surface area (Å²) in [6.45, 7) is 5.14. The number of nitrogens with zero attached hydrogens (tertiary/aromatic N) is 4. The normalized spacial score (nSPS) is 18.0. The summed E-state index contributed by atoms with van der Waals surface area (Å²) in [4.78, 5) is 6.90. The number of rotatable bonds is 5. The Labute approximate surface area is 142 Å². The van der Waals surface area contributed by atoms with Crippen LogP contribution in [0.5, 0.6) is 0 Å². The van der Waals surface area contributed by atoms with E-state index in [4.69, 9.17) is 11.6 Å². The van der Waals surface area contributed by atoms with Crippen LogP contribution in [0.1, 0.15) is 25.3 Å². The molecule has 0 aliphatic carbocycles. The van der Waals surface area contributed by atoms with Gasteiger partial charge in [0.05, 0.1) is 6.20 Å². The molecule has 2 heterocycles. The van der Waals surface area contributed by atoms with Crippen molar-refractivity contribution in [1.29, 1.82) is 0 Å². The molecule has 1 N–H and O–H groups in total. The number of halogens is 1. The fourth-order valence-corrected chi connectivity index (χ4v) is 3.02. The quantitative estimate of drug-likeness (QED) is 0.909. The van der Waals surface area contributed by atoms with Gasteiger partial charge in [0.1, 0.15) is 0 Å². The molecule has 1 aromatic carbocycles. The Hall–Kier alpha value is -1.88. The Morgan fingerprint density at radius 1 is 1.30 bits per heavy atom. The molecular weight excluding hydrogens is 310 g/mol. The molecule has 1 unspecified atom stereocenters. The predicted octanol–water partition coefficient (Wildman–Crippen LogP) is 3.42. The van der Waals surface area contributed by atoms with Gasteiger partial charge in [0.2, 0.25) is 5.95 Å². The Balaban J connectivity index is 1.56. The third-order valence-electron chi connectivity index (χ3n) is 4.14. The van der Waals surface area contributed by atoms with Gasteiger partial charge in [-0.15, -0.1) is 5.10 Å². The van der Waals surface area contributed by atoms with E-state index in [1.54, 1.807) is 6.20 Å². The molecule has 1 aliphatic heterocycles. The summed E-state index contributed by atoms with van der Waals surface area (Å²) < 4.78 is 0. The Kier molecular flexibility index (Phi) is 5.28. The molecule has 6 heteroatoms. The van der Waals surface area contributed by atoms with Crippen molar-refractivity contribution in [2.24, 2.45) is 5.92 Å². The predicted molar refractivity (Wildman–Crippen MR) is 94.1 cm³/mol. The van der Waals surface area contributed by atoms with Crippen molar-refractivity contribution in [2.75, 3.05) is 29.9 Å². The van der Waals surface area contributed by atoms with Crippen LogP contribution in [0.25, 0.3) is 0 Å². The van der Waals surface area contributed by atoms with E-state index < -0.39 is 0 Å². The minimum atomic E-state index is 0.592. The summed E-state index contributed by atoms with van der Waals surface area (Å²) in [5.41, 5.74) is 1.23. The highest BCUT2D eigenvalue weighted by molar-refractivity contribution is 6.30. The fourth-order valence-electron chi connectivity index (χ4n) is 2.89. The van der Waals surface area contributed by atoms with Gasteiger partial charge in [-0.3, -0.25) is 0 Å². The second-order valence-electron chi connectivity index (χ2n) is 6.13. The first-order chi connectivity index (χ1) is 11.2. The first kappa shape index (κ1) is 16.0. The average Bonchev–Trinajstić information content (AvgIpc) is 2.57. The number of hydrogen-bond acceptors (Lipinski definition) is 5. The molecule has 1 fully saturated rings. The van der Waals surface area contributed by atoms with Gasteiger partial charge in [-0.1, -0.05) is 30.7 Å². The van der Waals surface area contributed by atoms with Gasteiger partial charge < -0.3 is 10.2 Å². The molecule has 0 saturated carbocycles. The number of hydrogen-bond donors (Lipinski definition) is 1. The van der Waals surface area contributed by atoms with Crippen LogP contribution in [0.3, 0.4) is 0 Å². The van der Waals surface area contributed by atoms with Crippen molar-refractivity contribution in [3.05, 3.63) is 41.0 Å². The zero-order valence-electron chi connectivity index (χ0n) is 13.4. The van der Waals surface area contributed by atoms with Crippen molar-refractivity contribution in [3.8, 4) is 0 Å². The van der Waals surface area contributed by atoms with E-state index in [0.717, 1.165) is 36.9 Å². The molecule has 1 aromatic heterocycles.